The second kappa shape index (κ2) is 8.50. The molecule has 0 aliphatic heterocycles. The molecule has 1 aliphatic carbocycles. The fourth-order valence-electron chi connectivity index (χ4n) is 1.79. The van der Waals surface area contributed by atoms with Crippen molar-refractivity contribution in [2.75, 3.05) is 18.5 Å². The third kappa shape index (κ3) is 5.40. The molecule has 5 nitrogen and oxygen atoms in total. The van der Waals surface area contributed by atoms with Crippen LogP contribution in [0, 0.1) is 9.39 Å². The molecule has 1 saturated carbocycles. The van der Waals surface area contributed by atoms with Crippen LogP contribution < -0.4 is 11.1 Å². The van der Waals surface area contributed by atoms with E-state index in [0.29, 0.717) is 3.57 Å². The van der Waals surface area contributed by atoms with Crippen LogP contribution in [0.4, 0.5) is 14.9 Å². The van der Waals surface area contributed by atoms with E-state index >= 15 is 0 Å². The summed E-state index contributed by atoms with van der Waals surface area (Å²) in [7, 11) is 0. The average molecular weight is 410 g/mol. The summed E-state index contributed by atoms with van der Waals surface area (Å²) in [6.07, 6.45) is 0.241. The van der Waals surface area contributed by atoms with E-state index in [1.54, 1.807) is 13.8 Å². The van der Waals surface area contributed by atoms with Crippen molar-refractivity contribution in [3.8, 4) is 0 Å². The standard InChI is InChI=1S/C12H14FIN2O2.C2H6O/c1-2-18-12(17)16-11-8(13)3-6(4-9(11)14)7-5-10(7)15;1-2-3/h3-4,7,10H,2,5,15H2,1H3,(H,16,17);3H,2H2,1H3. The lowest BCUT2D eigenvalue weighted by Crippen LogP contribution is -2.15. The maximum Gasteiger partial charge on any atom is 0.411 e. The number of carbonyl (C=O) groups is 1. The number of carbonyl (C=O) groups excluding carboxylic acids is 1. The number of nitrogens with one attached hydrogen (secondary N) is 1. The fourth-order valence-corrected chi connectivity index (χ4v) is 2.55. The van der Waals surface area contributed by atoms with Gasteiger partial charge in [0.1, 0.15) is 5.82 Å². The highest BCUT2D eigenvalue weighted by Crippen LogP contribution is 2.41. The Morgan fingerprint density at radius 3 is 2.57 bits per heavy atom. The molecule has 4 N–H and O–H groups in total. The highest BCUT2D eigenvalue weighted by molar-refractivity contribution is 14.1. The minimum absolute atomic E-state index is 0.129. The zero-order valence-corrected chi connectivity index (χ0v) is 14.2. The number of hydrogen-bond acceptors (Lipinski definition) is 4. The lowest BCUT2D eigenvalue weighted by Gasteiger charge is -2.10. The molecule has 2 atom stereocenters. The van der Waals surface area contributed by atoms with Gasteiger partial charge in [0.25, 0.3) is 0 Å². The fraction of sp³-hybridized carbons (Fsp3) is 0.500. The first kappa shape index (κ1) is 18.1. The predicted octanol–water partition coefficient (Wildman–Crippen LogP) is 2.81. The third-order valence-corrected chi connectivity index (χ3v) is 3.69. The Morgan fingerprint density at radius 1 is 1.57 bits per heavy atom. The van der Waals surface area contributed by atoms with E-state index in [1.807, 2.05) is 28.7 Å². The van der Waals surface area contributed by atoms with E-state index in [1.165, 1.54) is 6.07 Å². The molecule has 118 valence electrons. The molecular weight excluding hydrogens is 390 g/mol. The van der Waals surface area contributed by atoms with Crippen molar-refractivity contribution in [2.24, 2.45) is 5.73 Å². The zero-order chi connectivity index (χ0) is 16.0. The van der Waals surface area contributed by atoms with Gasteiger partial charge in [-0.2, -0.15) is 0 Å². The molecule has 0 saturated heterocycles. The van der Waals surface area contributed by atoms with Gasteiger partial charge >= 0.3 is 6.09 Å². The molecule has 7 heteroatoms. The number of hydrogen-bond donors (Lipinski definition) is 3. The molecule has 0 bridgehead atoms. The van der Waals surface area contributed by atoms with Gasteiger partial charge in [-0.1, -0.05) is 0 Å². The molecule has 1 fully saturated rings. The van der Waals surface area contributed by atoms with E-state index in [9.17, 15) is 9.18 Å². The normalized spacial score (nSPS) is 19.3. The molecule has 1 amide bonds. The number of nitrogens with two attached hydrogens (primary N) is 1. The van der Waals surface area contributed by atoms with Crippen LogP contribution in [0.1, 0.15) is 31.7 Å². The average Bonchev–Trinajstić information content (AvgIpc) is 3.12. The van der Waals surface area contributed by atoms with Crippen LogP contribution in [0.15, 0.2) is 12.1 Å². The number of anilines is 1. The quantitative estimate of drug-likeness (QED) is 0.670. The largest absolute Gasteiger partial charge is 0.450 e. The van der Waals surface area contributed by atoms with Crippen LogP contribution in [-0.4, -0.2) is 30.5 Å². The van der Waals surface area contributed by atoms with Crippen molar-refractivity contribution < 1.29 is 19.0 Å². The highest BCUT2D eigenvalue weighted by Gasteiger charge is 2.35. The van der Waals surface area contributed by atoms with Crippen molar-refractivity contribution in [3.63, 3.8) is 0 Å². The van der Waals surface area contributed by atoms with E-state index in [0.717, 1.165) is 12.0 Å². The van der Waals surface area contributed by atoms with Crippen LogP contribution >= 0.6 is 22.6 Å². The lowest BCUT2D eigenvalue weighted by atomic mass is 10.1. The minimum atomic E-state index is -0.648. The maximum absolute atomic E-state index is 13.9. The second-order valence-corrected chi connectivity index (χ2v) is 5.69. The van der Waals surface area contributed by atoms with E-state index in [2.05, 4.69) is 5.32 Å². The molecule has 0 radical (unpaired) electrons. The number of amides is 1. The Morgan fingerprint density at radius 2 is 2.14 bits per heavy atom. The Labute approximate surface area is 137 Å². The number of benzene rings is 1. The molecule has 1 aliphatic rings. The number of rotatable bonds is 3. The van der Waals surface area contributed by atoms with Crippen LogP contribution in [0.25, 0.3) is 0 Å². The zero-order valence-electron chi connectivity index (χ0n) is 12.0. The Hall–Kier alpha value is -0.930. The van der Waals surface area contributed by atoms with Crippen molar-refractivity contribution in [1.82, 2.24) is 0 Å². The minimum Gasteiger partial charge on any atom is -0.450 e. The van der Waals surface area contributed by atoms with Crippen LogP contribution in [-0.2, 0) is 4.74 Å². The molecule has 0 aromatic heterocycles. The van der Waals surface area contributed by atoms with E-state index in [4.69, 9.17) is 15.6 Å². The smallest absolute Gasteiger partial charge is 0.411 e. The summed E-state index contributed by atoms with van der Waals surface area (Å²) in [6, 6.07) is 3.41. The van der Waals surface area contributed by atoms with Gasteiger partial charge < -0.3 is 15.6 Å². The van der Waals surface area contributed by atoms with Gasteiger partial charge in [0.15, 0.2) is 0 Å². The van der Waals surface area contributed by atoms with Gasteiger partial charge in [-0.05, 0) is 60.6 Å². The van der Waals surface area contributed by atoms with Crippen molar-refractivity contribution >= 4 is 34.4 Å². The predicted molar refractivity (Wildman–Crippen MR) is 87.9 cm³/mol. The Balaban J connectivity index is 0.000000677. The van der Waals surface area contributed by atoms with Crippen molar-refractivity contribution in [1.29, 1.82) is 0 Å². The summed E-state index contributed by atoms with van der Waals surface area (Å²) in [5.74, 6) is -0.214. The molecule has 2 unspecified atom stereocenters. The number of aliphatic hydroxyl groups is 1. The summed E-state index contributed by atoms with van der Waals surface area (Å²) in [5.41, 5.74) is 6.79. The van der Waals surface area contributed by atoms with Crippen molar-refractivity contribution in [3.05, 3.63) is 27.1 Å². The summed E-state index contributed by atoms with van der Waals surface area (Å²) in [5, 5.41) is 9.97. The maximum atomic E-state index is 13.9. The first-order valence-electron chi connectivity index (χ1n) is 6.73. The first-order chi connectivity index (χ1) is 9.94. The summed E-state index contributed by atoms with van der Waals surface area (Å²) in [4.78, 5) is 11.3. The molecule has 2 rings (SSSR count). The molecule has 1 aromatic rings. The van der Waals surface area contributed by atoms with Crippen molar-refractivity contribution in [2.45, 2.75) is 32.2 Å². The topological polar surface area (TPSA) is 84.6 Å². The van der Waals surface area contributed by atoms with Gasteiger partial charge in [-0.15, -0.1) is 0 Å². The SMILES string of the molecule is CCO.CCOC(=O)Nc1c(F)cc(C2CC2N)cc1I. The Bertz CT molecular complexity index is 476. The number of halogens is 2. The monoisotopic (exact) mass is 410 g/mol. The molecular formula is C14H20FIN2O3. The first-order valence-corrected chi connectivity index (χ1v) is 7.81. The lowest BCUT2D eigenvalue weighted by molar-refractivity contribution is 0.167. The van der Waals surface area contributed by atoms with Gasteiger partial charge in [0.2, 0.25) is 0 Å². The third-order valence-electron chi connectivity index (χ3n) is 2.83. The summed E-state index contributed by atoms with van der Waals surface area (Å²) < 4.78 is 19.3. The van der Waals surface area contributed by atoms with Gasteiger partial charge in [-0.25, -0.2) is 9.18 Å². The molecule has 21 heavy (non-hydrogen) atoms. The second-order valence-electron chi connectivity index (χ2n) is 4.53. The molecule has 1 aromatic carbocycles. The van der Waals surface area contributed by atoms with Gasteiger partial charge in [-0.3, -0.25) is 5.32 Å². The number of ether oxygens (including phenoxy) is 1. The highest BCUT2D eigenvalue weighted by atomic mass is 127. The molecule has 0 heterocycles. The molecule has 0 spiro atoms. The summed E-state index contributed by atoms with van der Waals surface area (Å²) in [6.45, 7) is 3.87. The number of aliphatic hydroxyl groups excluding tert-OH is 1. The van der Waals surface area contributed by atoms with Crippen LogP contribution in [0.5, 0.6) is 0 Å². The van der Waals surface area contributed by atoms with E-state index in [-0.39, 0.29) is 30.9 Å². The Kier molecular flexibility index (Phi) is 7.33. The van der Waals surface area contributed by atoms with Crippen LogP contribution in [0.2, 0.25) is 0 Å². The van der Waals surface area contributed by atoms with Gasteiger partial charge in [0.05, 0.1) is 12.3 Å². The summed E-state index contributed by atoms with van der Waals surface area (Å²) >= 11 is 1.99. The van der Waals surface area contributed by atoms with E-state index < -0.39 is 11.9 Å². The van der Waals surface area contributed by atoms with Crippen LogP contribution in [0.3, 0.4) is 0 Å². The van der Waals surface area contributed by atoms with Gasteiger partial charge in [0, 0.05) is 22.1 Å².